The molecule has 0 aromatic carbocycles. The number of terminal acetylenes is 1. The third-order valence-electron chi connectivity index (χ3n) is 2.74. The van der Waals surface area contributed by atoms with Crippen LogP contribution >= 0.6 is 0 Å². The molecule has 0 aromatic heterocycles. The van der Waals surface area contributed by atoms with Crippen molar-refractivity contribution >= 4 is 0 Å². The monoisotopic (exact) mass is 234 g/mol. The smallest absolute Gasteiger partial charge is 0.314 e. The summed E-state index contributed by atoms with van der Waals surface area (Å²) in [6.45, 7) is 2.39. The van der Waals surface area contributed by atoms with E-state index in [2.05, 4.69) is 16.1 Å². The molecule has 1 fully saturated rings. The van der Waals surface area contributed by atoms with Crippen LogP contribution in [0.3, 0.4) is 0 Å². The normalized spacial score (nSPS) is 19.6. The van der Waals surface area contributed by atoms with Gasteiger partial charge < -0.3 is 5.32 Å². The van der Waals surface area contributed by atoms with E-state index < -0.39 is 12.6 Å². The van der Waals surface area contributed by atoms with Gasteiger partial charge in [0.15, 0.2) is 0 Å². The number of alkyl halides is 3. The van der Waals surface area contributed by atoms with E-state index in [9.17, 15) is 13.2 Å². The average Bonchev–Trinajstić information content (AvgIpc) is 2.19. The van der Waals surface area contributed by atoms with Gasteiger partial charge >= 0.3 is 6.18 Å². The predicted octanol–water partition coefficient (Wildman–Crippen LogP) is 1.63. The average molecular weight is 234 g/mol. The van der Waals surface area contributed by atoms with E-state index >= 15 is 0 Å². The number of hydrogen-bond acceptors (Lipinski definition) is 2. The third-order valence-corrected chi connectivity index (χ3v) is 2.74. The fourth-order valence-corrected chi connectivity index (χ4v) is 1.84. The van der Waals surface area contributed by atoms with Crippen LogP contribution in [0.5, 0.6) is 0 Å². The first kappa shape index (κ1) is 13.3. The Bertz CT molecular complexity index is 237. The minimum absolute atomic E-state index is 0.0172. The summed E-state index contributed by atoms with van der Waals surface area (Å²) >= 11 is 0. The van der Waals surface area contributed by atoms with Crippen molar-refractivity contribution in [2.45, 2.75) is 31.5 Å². The highest BCUT2D eigenvalue weighted by molar-refractivity contribution is 4.90. The molecule has 1 N–H and O–H groups in total. The zero-order valence-corrected chi connectivity index (χ0v) is 9.19. The number of nitrogens with zero attached hydrogens (tertiary/aromatic N) is 1. The van der Waals surface area contributed by atoms with E-state index in [1.54, 1.807) is 0 Å². The Balaban J connectivity index is 2.11. The Labute approximate surface area is 94.2 Å². The summed E-state index contributed by atoms with van der Waals surface area (Å²) in [5.41, 5.74) is 0. The molecule has 0 aliphatic carbocycles. The molecule has 0 bridgehead atoms. The van der Waals surface area contributed by atoms with E-state index in [0.29, 0.717) is 6.54 Å². The van der Waals surface area contributed by atoms with Crippen molar-refractivity contribution in [1.82, 2.24) is 10.2 Å². The number of hydrogen-bond donors (Lipinski definition) is 1. The number of halogens is 3. The Hall–Kier alpha value is -0.730. The molecule has 92 valence electrons. The van der Waals surface area contributed by atoms with Crippen molar-refractivity contribution < 1.29 is 13.2 Å². The van der Waals surface area contributed by atoms with Crippen LogP contribution in [0.25, 0.3) is 0 Å². The lowest BCUT2D eigenvalue weighted by atomic mass is 10.1. The second-order valence-corrected chi connectivity index (χ2v) is 4.07. The van der Waals surface area contributed by atoms with E-state index in [4.69, 9.17) is 6.42 Å². The minimum Gasteiger partial charge on any atom is -0.314 e. The van der Waals surface area contributed by atoms with E-state index in [-0.39, 0.29) is 12.6 Å². The minimum atomic E-state index is -4.06. The van der Waals surface area contributed by atoms with Crippen LogP contribution in [0.1, 0.15) is 19.3 Å². The summed E-state index contributed by atoms with van der Waals surface area (Å²) < 4.78 is 35.7. The highest BCUT2D eigenvalue weighted by Crippen LogP contribution is 2.19. The zero-order valence-electron chi connectivity index (χ0n) is 9.19. The molecule has 2 nitrogen and oxygen atoms in total. The van der Waals surface area contributed by atoms with Crippen LogP contribution in [-0.4, -0.2) is 43.3 Å². The zero-order chi connectivity index (χ0) is 12.0. The molecule has 5 heteroatoms. The summed E-state index contributed by atoms with van der Waals surface area (Å²) in [6.07, 6.45) is 2.13. The lowest BCUT2D eigenvalue weighted by molar-refractivity contribution is -0.133. The molecule has 1 aliphatic heterocycles. The molecule has 16 heavy (non-hydrogen) atoms. The molecule has 1 heterocycles. The second-order valence-electron chi connectivity index (χ2n) is 4.07. The quantitative estimate of drug-likeness (QED) is 0.744. The molecule has 0 unspecified atom stereocenters. The van der Waals surface area contributed by atoms with Gasteiger partial charge in [0.2, 0.25) is 0 Å². The fraction of sp³-hybridized carbons (Fsp3) is 0.818. The lowest BCUT2D eigenvalue weighted by Gasteiger charge is -2.31. The number of likely N-dealkylation sites (tertiary alicyclic amines) is 1. The fourth-order valence-electron chi connectivity index (χ4n) is 1.84. The summed E-state index contributed by atoms with van der Waals surface area (Å²) in [7, 11) is 0. The van der Waals surface area contributed by atoms with Crippen molar-refractivity contribution in [3.05, 3.63) is 0 Å². The second kappa shape index (κ2) is 6.12. The number of rotatable bonds is 4. The standard InChI is InChI=1S/C11H17F3N2/c1-2-7-16-8-3-10(4-9-16)15-6-5-11(12,13)14/h1,10,15H,3-9H2. The molecule has 1 aliphatic rings. The Kier molecular flexibility index (Phi) is 5.10. The molecule has 0 amide bonds. The predicted molar refractivity (Wildman–Crippen MR) is 57.0 cm³/mol. The van der Waals surface area contributed by atoms with Crippen LogP contribution < -0.4 is 5.32 Å². The van der Waals surface area contributed by atoms with Gasteiger partial charge in [-0.05, 0) is 12.8 Å². The molecule has 1 saturated heterocycles. The maximum atomic E-state index is 11.9. The van der Waals surface area contributed by atoms with Crippen molar-refractivity contribution in [3.8, 4) is 12.3 Å². The first-order chi connectivity index (χ1) is 7.51. The number of nitrogens with one attached hydrogen (secondary N) is 1. The maximum Gasteiger partial charge on any atom is 0.390 e. The van der Waals surface area contributed by atoms with Gasteiger partial charge in [-0.15, -0.1) is 6.42 Å². The van der Waals surface area contributed by atoms with Gasteiger partial charge in [-0.25, -0.2) is 0 Å². The van der Waals surface area contributed by atoms with Crippen molar-refractivity contribution in [1.29, 1.82) is 0 Å². The molecule has 0 radical (unpaired) electrons. The molecule has 0 aromatic rings. The van der Waals surface area contributed by atoms with Crippen molar-refractivity contribution in [2.75, 3.05) is 26.2 Å². The molecule has 0 spiro atoms. The van der Waals surface area contributed by atoms with Crippen LogP contribution in [0.2, 0.25) is 0 Å². The Morgan fingerprint density at radius 1 is 1.31 bits per heavy atom. The Morgan fingerprint density at radius 3 is 2.44 bits per heavy atom. The molecular formula is C11H17F3N2. The number of piperidine rings is 1. The van der Waals surface area contributed by atoms with E-state index in [1.165, 1.54) is 0 Å². The van der Waals surface area contributed by atoms with Gasteiger partial charge in [-0.3, -0.25) is 4.90 Å². The van der Waals surface area contributed by atoms with Gasteiger partial charge in [0.25, 0.3) is 0 Å². The van der Waals surface area contributed by atoms with Crippen LogP contribution in [0.4, 0.5) is 13.2 Å². The van der Waals surface area contributed by atoms with Crippen LogP contribution in [0, 0.1) is 12.3 Å². The summed E-state index contributed by atoms with van der Waals surface area (Å²) in [5, 5.41) is 2.94. The molecular weight excluding hydrogens is 217 g/mol. The molecule has 1 rings (SSSR count). The molecule has 0 atom stereocenters. The SMILES string of the molecule is C#CCN1CCC(NCCC(F)(F)F)CC1. The van der Waals surface area contributed by atoms with Gasteiger partial charge in [0.05, 0.1) is 13.0 Å². The van der Waals surface area contributed by atoms with Gasteiger partial charge in [0.1, 0.15) is 0 Å². The largest absolute Gasteiger partial charge is 0.390 e. The topological polar surface area (TPSA) is 15.3 Å². The van der Waals surface area contributed by atoms with Gasteiger partial charge in [-0.2, -0.15) is 13.2 Å². The lowest BCUT2D eigenvalue weighted by Crippen LogP contribution is -2.43. The Morgan fingerprint density at radius 2 is 1.94 bits per heavy atom. The summed E-state index contributed by atoms with van der Waals surface area (Å²) in [5.74, 6) is 2.57. The summed E-state index contributed by atoms with van der Waals surface area (Å²) in [4.78, 5) is 2.14. The van der Waals surface area contributed by atoms with E-state index in [0.717, 1.165) is 25.9 Å². The van der Waals surface area contributed by atoms with Crippen LogP contribution in [-0.2, 0) is 0 Å². The van der Waals surface area contributed by atoms with Gasteiger partial charge in [0, 0.05) is 25.7 Å². The maximum absolute atomic E-state index is 11.9. The van der Waals surface area contributed by atoms with Crippen LogP contribution in [0.15, 0.2) is 0 Å². The van der Waals surface area contributed by atoms with Crippen molar-refractivity contribution in [2.24, 2.45) is 0 Å². The first-order valence-electron chi connectivity index (χ1n) is 5.47. The van der Waals surface area contributed by atoms with E-state index in [1.807, 2.05) is 0 Å². The highest BCUT2D eigenvalue weighted by atomic mass is 19.4. The highest BCUT2D eigenvalue weighted by Gasteiger charge is 2.27. The third kappa shape index (κ3) is 5.38. The summed E-state index contributed by atoms with van der Waals surface area (Å²) in [6, 6.07) is 0.205. The molecule has 0 saturated carbocycles. The first-order valence-corrected chi connectivity index (χ1v) is 5.47. The van der Waals surface area contributed by atoms with Gasteiger partial charge in [-0.1, -0.05) is 5.92 Å². The van der Waals surface area contributed by atoms with Crippen molar-refractivity contribution in [3.63, 3.8) is 0 Å².